The number of rotatable bonds is 6. The van der Waals surface area contributed by atoms with Crippen molar-refractivity contribution in [2.75, 3.05) is 6.54 Å². The summed E-state index contributed by atoms with van der Waals surface area (Å²) in [7, 11) is 0. The van der Waals surface area contributed by atoms with Crippen molar-refractivity contribution in [3.05, 3.63) is 71.3 Å². The highest BCUT2D eigenvalue weighted by atomic mass is 16.1. The molecule has 0 saturated heterocycles. The standard InChI is InChI=1S/C18H22N2O/c1-2-14-8-10-15(11-9-14)12-18(21)20-13-17(19)16-6-4-3-5-7-16/h3-11,17H,2,12-13,19H2,1H3,(H,20,21). The molecule has 0 radical (unpaired) electrons. The second-order valence-corrected chi connectivity index (χ2v) is 5.17. The molecule has 3 nitrogen and oxygen atoms in total. The highest BCUT2D eigenvalue weighted by Gasteiger charge is 2.08. The van der Waals surface area contributed by atoms with Crippen molar-refractivity contribution in [1.29, 1.82) is 0 Å². The first-order valence-electron chi connectivity index (χ1n) is 7.34. The van der Waals surface area contributed by atoms with E-state index in [2.05, 4.69) is 24.4 Å². The van der Waals surface area contributed by atoms with Crippen molar-refractivity contribution in [1.82, 2.24) is 5.32 Å². The van der Waals surface area contributed by atoms with Gasteiger partial charge in [-0.05, 0) is 23.1 Å². The van der Waals surface area contributed by atoms with Gasteiger partial charge in [0.15, 0.2) is 0 Å². The minimum atomic E-state index is -0.169. The molecule has 0 aliphatic rings. The highest BCUT2D eigenvalue weighted by Crippen LogP contribution is 2.09. The Morgan fingerprint density at radius 2 is 1.67 bits per heavy atom. The first kappa shape index (κ1) is 15.3. The van der Waals surface area contributed by atoms with Gasteiger partial charge in [0.2, 0.25) is 5.91 Å². The van der Waals surface area contributed by atoms with Gasteiger partial charge in [-0.1, -0.05) is 61.5 Å². The molecule has 1 amide bonds. The second-order valence-electron chi connectivity index (χ2n) is 5.17. The van der Waals surface area contributed by atoms with Crippen molar-refractivity contribution in [2.24, 2.45) is 5.73 Å². The molecule has 2 rings (SSSR count). The number of nitrogens with one attached hydrogen (secondary N) is 1. The van der Waals surface area contributed by atoms with Gasteiger partial charge in [-0.15, -0.1) is 0 Å². The molecule has 110 valence electrons. The third-order valence-electron chi connectivity index (χ3n) is 3.54. The van der Waals surface area contributed by atoms with Gasteiger partial charge in [-0.2, -0.15) is 0 Å². The van der Waals surface area contributed by atoms with Gasteiger partial charge >= 0.3 is 0 Å². The molecule has 0 fully saturated rings. The van der Waals surface area contributed by atoms with Crippen LogP contribution in [0, 0.1) is 0 Å². The van der Waals surface area contributed by atoms with Crippen molar-refractivity contribution >= 4 is 5.91 Å². The summed E-state index contributed by atoms with van der Waals surface area (Å²) in [6.07, 6.45) is 1.41. The van der Waals surface area contributed by atoms with Crippen LogP contribution in [0.25, 0.3) is 0 Å². The molecule has 2 aromatic rings. The van der Waals surface area contributed by atoms with Crippen LogP contribution in [0.4, 0.5) is 0 Å². The SMILES string of the molecule is CCc1ccc(CC(=O)NCC(N)c2ccccc2)cc1. The topological polar surface area (TPSA) is 55.1 Å². The molecule has 1 unspecified atom stereocenters. The minimum absolute atomic E-state index is 0.00521. The lowest BCUT2D eigenvalue weighted by Crippen LogP contribution is -2.32. The maximum atomic E-state index is 11.9. The van der Waals surface area contributed by atoms with Crippen molar-refractivity contribution in [3.8, 4) is 0 Å². The van der Waals surface area contributed by atoms with Gasteiger partial charge in [0.05, 0.1) is 6.42 Å². The molecule has 0 bridgehead atoms. The number of amides is 1. The maximum Gasteiger partial charge on any atom is 0.224 e. The van der Waals surface area contributed by atoms with Gasteiger partial charge < -0.3 is 11.1 Å². The van der Waals surface area contributed by atoms with E-state index < -0.39 is 0 Å². The summed E-state index contributed by atoms with van der Waals surface area (Å²) in [5, 5.41) is 2.89. The van der Waals surface area contributed by atoms with E-state index >= 15 is 0 Å². The summed E-state index contributed by atoms with van der Waals surface area (Å²) < 4.78 is 0. The molecular weight excluding hydrogens is 260 g/mol. The Kier molecular flexibility index (Phi) is 5.52. The summed E-state index contributed by atoms with van der Waals surface area (Å²) in [5.74, 6) is 0.00521. The Bertz CT molecular complexity index is 564. The number of hydrogen-bond donors (Lipinski definition) is 2. The van der Waals surface area contributed by atoms with Crippen molar-refractivity contribution < 1.29 is 4.79 Å². The first-order chi connectivity index (χ1) is 10.2. The van der Waals surface area contributed by atoms with E-state index in [0.29, 0.717) is 13.0 Å². The first-order valence-corrected chi connectivity index (χ1v) is 7.34. The molecule has 3 N–H and O–H groups in total. The molecular formula is C18H22N2O. The van der Waals surface area contributed by atoms with Crippen LogP contribution >= 0.6 is 0 Å². The van der Waals surface area contributed by atoms with E-state index in [1.54, 1.807) is 0 Å². The Hall–Kier alpha value is -2.13. The van der Waals surface area contributed by atoms with Gasteiger partial charge in [0, 0.05) is 12.6 Å². The smallest absolute Gasteiger partial charge is 0.224 e. The maximum absolute atomic E-state index is 11.9. The molecule has 0 aliphatic heterocycles. The zero-order chi connectivity index (χ0) is 15.1. The Morgan fingerprint density at radius 1 is 1.05 bits per heavy atom. The zero-order valence-corrected chi connectivity index (χ0v) is 12.4. The van der Waals surface area contributed by atoms with E-state index in [1.165, 1.54) is 5.56 Å². The van der Waals surface area contributed by atoms with E-state index in [-0.39, 0.29) is 11.9 Å². The predicted molar refractivity (Wildman–Crippen MR) is 85.9 cm³/mol. The third-order valence-corrected chi connectivity index (χ3v) is 3.54. The van der Waals surface area contributed by atoms with Gasteiger partial charge in [-0.3, -0.25) is 4.79 Å². The monoisotopic (exact) mass is 282 g/mol. The van der Waals surface area contributed by atoms with Gasteiger partial charge in [0.25, 0.3) is 0 Å². The molecule has 3 heteroatoms. The van der Waals surface area contributed by atoms with E-state index in [1.807, 2.05) is 42.5 Å². The lowest BCUT2D eigenvalue weighted by molar-refractivity contribution is -0.120. The number of carbonyl (C=O) groups is 1. The van der Waals surface area contributed by atoms with Crippen molar-refractivity contribution in [2.45, 2.75) is 25.8 Å². The largest absolute Gasteiger partial charge is 0.354 e. The van der Waals surface area contributed by atoms with E-state index in [9.17, 15) is 4.79 Å². The number of aryl methyl sites for hydroxylation is 1. The fraction of sp³-hybridized carbons (Fsp3) is 0.278. The molecule has 0 spiro atoms. The summed E-state index contributed by atoms with van der Waals surface area (Å²) >= 11 is 0. The number of carbonyl (C=O) groups excluding carboxylic acids is 1. The predicted octanol–water partition coefficient (Wildman–Crippen LogP) is 2.61. The van der Waals surface area contributed by atoms with Gasteiger partial charge in [-0.25, -0.2) is 0 Å². The van der Waals surface area contributed by atoms with E-state index in [4.69, 9.17) is 5.73 Å². The Morgan fingerprint density at radius 3 is 2.29 bits per heavy atom. The molecule has 0 aromatic heterocycles. The quantitative estimate of drug-likeness (QED) is 0.855. The molecule has 21 heavy (non-hydrogen) atoms. The Labute approximate surface area is 126 Å². The van der Waals surface area contributed by atoms with Crippen LogP contribution in [-0.2, 0) is 17.6 Å². The van der Waals surface area contributed by atoms with Gasteiger partial charge in [0.1, 0.15) is 0 Å². The summed E-state index contributed by atoms with van der Waals surface area (Å²) in [5.41, 5.74) is 9.40. The van der Waals surface area contributed by atoms with Crippen LogP contribution in [0.5, 0.6) is 0 Å². The lowest BCUT2D eigenvalue weighted by Gasteiger charge is -2.13. The number of benzene rings is 2. The van der Waals surface area contributed by atoms with Crippen LogP contribution in [0.2, 0.25) is 0 Å². The highest BCUT2D eigenvalue weighted by molar-refractivity contribution is 5.78. The number of hydrogen-bond acceptors (Lipinski definition) is 2. The van der Waals surface area contributed by atoms with Crippen LogP contribution in [0.1, 0.15) is 29.7 Å². The zero-order valence-electron chi connectivity index (χ0n) is 12.4. The molecule has 0 saturated carbocycles. The average molecular weight is 282 g/mol. The molecule has 0 heterocycles. The van der Waals surface area contributed by atoms with Crippen LogP contribution in [-0.4, -0.2) is 12.5 Å². The average Bonchev–Trinajstić information content (AvgIpc) is 2.54. The normalized spacial score (nSPS) is 11.9. The summed E-state index contributed by atoms with van der Waals surface area (Å²) in [4.78, 5) is 11.9. The van der Waals surface area contributed by atoms with Crippen LogP contribution < -0.4 is 11.1 Å². The van der Waals surface area contributed by atoms with E-state index in [0.717, 1.165) is 17.5 Å². The van der Waals surface area contributed by atoms with Crippen LogP contribution in [0.3, 0.4) is 0 Å². The Balaban J connectivity index is 1.81. The second kappa shape index (κ2) is 7.60. The molecule has 0 aliphatic carbocycles. The number of nitrogens with two attached hydrogens (primary N) is 1. The van der Waals surface area contributed by atoms with Crippen molar-refractivity contribution in [3.63, 3.8) is 0 Å². The molecule has 2 aromatic carbocycles. The summed E-state index contributed by atoms with van der Waals surface area (Å²) in [6, 6.07) is 17.8. The third kappa shape index (κ3) is 4.72. The minimum Gasteiger partial charge on any atom is -0.354 e. The fourth-order valence-electron chi connectivity index (χ4n) is 2.18. The van der Waals surface area contributed by atoms with Crippen LogP contribution in [0.15, 0.2) is 54.6 Å². The molecule has 1 atom stereocenters. The summed E-state index contributed by atoms with van der Waals surface area (Å²) in [6.45, 7) is 2.57. The fourth-order valence-corrected chi connectivity index (χ4v) is 2.18. The lowest BCUT2D eigenvalue weighted by atomic mass is 10.1.